The lowest BCUT2D eigenvalue weighted by molar-refractivity contribution is 0.0941. The zero-order valence-electron chi connectivity index (χ0n) is 31.8. The number of carbonyl (C=O) groups is 3. The number of nitrogens with one attached hydrogen (secondary N) is 2. The largest absolute Gasteiger partial charge is 0.484 e. The second-order valence-electron chi connectivity index (χ2n) is 12.6. The molecule has 5 rings (SSSR count). The lowest BCUT2D eigenvalue weighted by atomic mass is 10.1. The Morgan fingerprint density at radius 3 is 1.71 bits per heavy atom. The van der Waals surface area contributed by atoms with Crippen LogP contribution in [-0.4, -0.2) is 73.9 Å². The van der Waals surface area contributed by atoms with Gasteiger partial charge in [-0.1, -0.05) is 91.0 Å². The van der Waals surface area contributed by atoms with Crippen molar-refractivity contribution in [1.29, 1.82) is 0 Å². The maximum absolute atomic E-state index is 12.7. The van der Waals surface area contributed by atoms with Gasteiger partial charge in [0.15, 0.2) is 23.5 Å². The Morgan fingerprint density at radius 1 is 0.696 bits per heavy atom. The topological polar surface area (TPSA) is 180 Å². The minimum Gasteiger partial charge on any atom is -0.484 e. The van der Waals surface area contributed by atoms with Crippen molar-refractivity contribution in [1.82, 2.24) is 20.1 Å². The normalized spacial score (nSPS) is 10.6. The van der Waals surface area contributed by atoms with E-state index in [9.17, 15) is 19.2 Å². The van der Waals surface area contributed by atoms with E-state index in [4.69, 9.17) is 25.7 Å². The maximum Gasteiger partial charge on any atom is 0.293 e. The molecule has 56 heavy (non-hydrogen) atoms. The standard InChI is InChI=1S/C22H19NO4.C21H31N5O3/c23-22(25)19-12-11-18(13-24)20(26-14-16-7-3-1-4-8-16)21(19)27-15-17-9-5-2-6-10-17;1-23-10-14-26(13-9-22)15-11-24-20(27)18-8-12-25(2)21(28)19(18)29-16-17-6-4-3-5-7-17/h1-13H,14-15H2,(H2,23,25);3-8,12,23H,9-11,13-16,22H2,1-2H3,(H,24,27). The molecule has 0 saturated heterocycles. The van der Waals surface area contributed by atoms with Gasteiger partial charge in [0.2, 0.25) is 0 Å². The number of nitrogens with two attached hydrogens (primary N) is 2. The van der Waals surface area contributed by atoms with E-state index in [1.54, 1.807) is 19.3 Å². The average Bonchev–Trinajstić information content (AvgIpc) is 3.22. The smallest absolute Gasteiger partial charge is 0.293 e. The van der Waals surface area contributed by atoms with Gasteiger partial charge in [0.05, 0.1) is 16.7 Å². The number of aromatic nitrogens is 1. The number of aryl methyl sites for hydroxylation is 1. The Balaban J connectivity index is 0.000000249. The number of rotatable bonds is 20. The SMILES string of the molecule is CNCCN(CCN)CCNC(=O)c1ccn(C)c(=O)c1OCc1ccccc1.NC(=O)c1ccc(C=O)c(OCc2ccccc2)c1OCc1ccccc1. The highest BCUT2D eigenvalue weighted by Gasteiger charge is 2.21. The number of nitrogens with zero attached hydrogens (tertiary/aromatic N) is 2. The summed E-state index contributed by atoms with van der Waals surface area (Å²) in [6.07, 6.45) is 2.24. The van der Waals surface area contributed by atoms with Crippen LogP contribution in [0.15, 0.2) is 120 Å². The molecule has 0 fully saturated rings. The quantitative estimate of drug-likeness (QED) is 0.0849. The van der Waals surface area contributed by atoms with Crippen molar-refractivity contribution in [3.8, 4) is 17.2 Å². The molecule has 0 bridgehead atoms. The highest BCUT2D eigenvalue weighted by Crippen LogP contribution is 2.36. The minimum absolute atomic E-state index is 0.0605. The maximum atomic E-state index is 12.7. The van der Waals surface area contributed by atoms with Gasteiger partial charge in [-0.25, -0.2) is 0 Å². The van der Waals surface area contributed by atoms with Crippen LogP contribution >= 0.6 is 0 Å². The lowest BCUT2D eigenvalue weighted by Gasteiger charge is -2.21. The number of pyridine rings is 1. The summed E-state index contributed by atoms with van der Waals surface area (Å²) in [7, 11) is 3.53. The highest BCUT2D eigenvalue weighted by atomic mass is 16.5. The van der Waals surface area contributed by atoms with E-state index in [2.05, 4.69) is 15.5 Å². The Bertz CT molecular complexity index is 2040. The van der Waals surface area contributed by atoms with Gasteiger partial charge in [-0.3, -0.25) is 24.1 Å². The first-order chi connectivity index (χ1) is 27.2. The van der Waals surface area contributed by atoms with E-state index >= 15 is 0 Å². The van der Waals surface area contributed by atoms with E-state index in [1.165, 1.54) is 16.7 Å². The molecular weight excluding hydrogens is 713 g/mol. The minimum atomic E-state index is -0.653. The molecule has 1 aromatic heterocycles. The molecule has 4 aromatic carbocycles. The van der Waals surface area contributed by atoms with Crippen LogP contribution in [0, 0.1) is 0 Å². The van der Waals surface area contributed by atoms with Crippen LogP contribution in [0.2, 0.25) is 0 Å². The number of hydrogen-bond acceptors (Lipinski definition) is 10. The van der Waals surface area contributed by atoms with Crippen molar-refractivity contribution >= 4 is 18.1 Å². The average molecular weight is 763 g/mol. The number of aldehydes is 1. The number of ether oxygens (including phenoxy) is 3. The van der Waals surface area contributed by atoms with Gasteiger partial charge in [-0.15, -0.1) is 0 Å². The molecule has 0 aliphatic heterocycles. The summed E-state index contributed by atoms with van der Waals surface area (Å²) < 4.78 is 18.9. The monoisotopic (exact) mass is 762 g/mol. The van der Waals surface area contributed by atoms with Crippen molar-refractivity contribution < 1.29 is 28.6 Å². The molecule has 0 saturated carbocycles. The number of amides is 2. The second-order valence-corrected chi connectivity index (χ2v) is 12.6. The first-order valence-electron chi connectivity index (χ1n) is 18.2. The molecular formula is C43H50N6O7. The van der Waals surface area contributed by atoms with Gasteiger partial charge in [0.1, 0.15) is 19.8 Å². The van der Waals surface area contributed by atoms with Crippen LogP contribution in [0.1, 0.15) is 47.8 Å². The van der Waals surface area contributed by atoms with Gasteiger partial charge in [-0.05, 0) is 41.9 Å². The van der Waals surface area contributed by atoms with Gasteiger partial charge in [0.25, 0.3) is 17.4 Å². The fraction of sp³-hybridized carbons (Fsp3) is 0.256. The molecule has 5 aromatic rings. The number of primary amides is 1. The summed E-state index contributed by atoms with van der Waals surface area (Å²) in [6, 6.07) is 33.1. The Kier molecular flexibility index (Phi) is 17.3. The highest BCUT2D eigenvalue weighted by molar-refractivity contribution is 5.98. The Hall–Kier alpha value is -6.28. The molecule has 2 amide bonds. The van der Waals surface area contributed by atoms with Crippen molar-refractivity contribution in [2.75, 3.05) is 46.3 Å². The third-order valence-electron chi connectivity index (χ3n) is 8.52. The van der Waals surface area contributed by atoms with E-state index in [1.807, 2.05) is 98.0 Å². The summed E-state index contributed by atoms with van der Waals surface area (Å²) in [6.45, 7) is 4.80. The molecule has 13 nitrogen and oxygen atoms in total. The number of likely N-dealkylation sites (N-methyl/N-ethyl adjacent to an activating group) is 1. The molecule has 0 radical (unpaired) electrons. The predicted octanol–water partition coefficient (Wildman–Crippen LogP) is 3.93. The first kappa shape index (κ1) is 42.5. The fourth-order valence-corrected chi connectivity index (χ4v) is 5.48. The summed E-state index contributed by atoms with van der Waals surface area (Å²) in [4.78, 5) is 50.8. The zero-order chi connectivity index (χ0) is 40.1. The molecule has 0 aliphatic carbocycles. The van der Waals surface area contributed by atoms with Crippen LogP contribution in [0.5, 0.6) is 17.2 Å². The molecule has 294 valence electrons. The summed E-state index contributed by atoms with van der Waals surface area (Å²) >= 11 is 0. The second kappa shape index (κ2) is 22.8. The first-order valence-corrected chi connectivity index (χ1v) is 18.2. The molecule has 0 spiro atoms. The van der Waals surface area contributed by atoms with Crippen LogP contribution in [-0.2, 0) is 26.9 Å². The van der Waals surface area contributed by atoms with Crippen LogP contribution in [0.4, 0.5) is 0 Å². The third kappa shape index (κ3) is 12.9. The van der Waals surface area contributed by atoms with Crippen LogP contribution in [0.25, 0.3) is 0 Å². The summed E-state index contributed by atoms with van der Waals surface area (Å²) in [5, 5.41) is 5.98. The van der Waals surface area contributed by atoms with E-state index < -0.39 is 5.91 Å². The fourth-order valence-electron chi connectivity index (χ4n) is 5.48. The Labute approximate surface area is 327 Å². The van der Waals surface area contributed by atoms with Gasteiger partial charge < -0.3 is 40.9 Å². The number of carbonyl (C=O) groups excluding carboxylic acids is 3. The van der Waals surface area contributed by atoms with Crippen molar-refractivity contribution in [3.63, 3.8) is 0 Å². The van der Waals surface area contributed by atoms with Crippen molar-refractivity contribution in [2.45, 2.75) is 19.8 Å². The van der Waals surface area contributed by atoms with Crippen molar-refractivity contribution in [2.24, 2.45) is 18.5 Å². The zero-order valence-corrected chi connectivity index (χ0v) is 31.8. The van der Waals surface area contributed by atoms with E-state index in [-0.39, 0.29) is 59.7 Å². The number of hydrogen-bond donors (Lipinski definition) is 4. The van der Waals surface area contributed by atoms with E-state index in [0.29, 0.717) is 31.5 Å². The molecule has 0 atom stereocenters. The van der Waals surface area contributed by atoms with Crippen LogP contribution < -0.4 is 41.9 Å². The molecule has 13 heteroatoms. The summed E-state index contributed by atoms with van der Waals surface area (Å²) in [5.74, 6) is -0.537. The van der Waals surface area contributed by atoms with Crippen molar-refractivity contribution in [3.05, 3.63) is 159 Å². The summed E-state index contributed by atoms with van der Waals surface area (Å²) in [5.41, 5.74) is 14.3. The number of benzene rings is 4. The van der Waals surface area contributed by atoms with Crippen LogP contribution in [0.3, 0.4) is 0 Å². The Morgan fingerprint density at radius 2 is 1.21 bits per heavy atom. The van der Waals surface area contributed by atoms with Gasteiger partial charge in [0, 0.05) is 52.5 Å². The molecule has 1 heterocycles. The third-order valence-corrected chi connectivity index (χ3v) is 8.52. The van der Waals surface area contributed by atoms with Gasteiger partial charge >= 0.3 is 0 Å². The molecule has 0 aliphatic rings. The van der Waals surface area contributed by atoms with E-state index in [0.717, 1.165) is 36.3 Å². The molecule has 6 N–H and O–H groups in total. The predicted molar refractivity (Wildman–Crippen MR) is 216 cm³/mol. The van der Waals surface area contributed by atoms with Gasteiger partial charge in [-0.2, -0.15) is 0 Å². The molecule has 0 unspecified atom stereocenters. The lowest BCUT2D eigenvalue weighted by Crippen LogP contribution is -2.40.